The van der Waals surface area contributed by atoms with Crippen LogP contribution in [0.15, 0.2) is 12.1 Å². The number of nitrogens with zero attached hydrogens (tertiary/aromatic N) is 1. The van der Waals surface area contributed by atoms with Crippen molar-refractivity contribution in [2.45, 2.75) is 13.8 Å². The minimum atomic E-state index is 0.403. The molecule has 66 valence electrons. The van der Waals surface area contributed by atoms with E-state index in [1.165, 1.54) is 0 Å². The maximum Gasteiger partial charge on any atom is 0.121 e. The minimum Gasteiger partial charge on any atom is -0.507 e. The van der Waals surface area contributed by atoms with Crippen LogP contribution in [0, 0.1) is 13.8 Å². The lowest BCUT2D eigenvalue weighted by Crippen LogP contribution is -2.08. The molecule has 0 spiro atoms. The molecule has 0 aliphatic rings. The first-order valence-electron chi connectivity index (χ1n) is 4.00. The molecule has 0 radical (unpaired) electrons. The van der Waals surface area contributed by atoms with Gasteiger partial charge in [-0.15, -0.1) is 0 Å². The Hall–Kier alpha value is -1.18. The van der Waals surface area contributed by atoms with Crippen LogP contribution in [-0.2, 0) is 0 Å². The molecule has 0 fully saturated rings. The third kappa shape index (κ3) is 1.52. The van der Waals surface area contributed by atoms with Gasteiger partial charge in [0.15, 0.2) is 0 Å². The Morgan fingerprint density at radius 2 is 1.50 bits per heavy atom. The molecular weight excluding hydrogens is 150 g/mol. The summed E-state index contributed by atoms with van der Waals surface area (Å²) in [6, 6.07) is 3.95. The fourth-order valence-electron chi connectivity index (χ4n) is 1.19. The molecule has 0 saturated carbocycles. The fourth-order valence-corrected chi connectivity index (χ4v) is 1.19. The van der Waals surface area contributed by atoms with Gasteiger partial charge in [0.25, 0.3) is 0 Å². The molecule has 1 aromatic carbocycles. The summed E-state index contributed by atoms with van der Waals surface area (Å²) in [5.41, 5.74) is 2.99. The Morgan fingerprint density at radius 3 is 1.83 bits per heavy atom. The summed E-state index contributed by atoms with van der Waals surface area (Å²) < 4.78 is 0. The molecule has 0 bridgehead atoms. The predicted molar refractivity (Wildman–Crippen MR) is 51.9 cm³/mol. The highest BCUT2D eigenvalue weighted by Crippen LogP contribution is 2.26. The Morgan fingerprint density at radius 1 is 1.08 bits per heavy atom. The maximum atomic E-state index is 9.49. The number of phenolic OH excluding ortho intramolecular Hbond substituents is 1. The van der Waals surface area contributed by atoms with E-state index in [-0.39, 0.29) is 0 Å². The second-order valence-corrected chi connectivity index (χ2v) is 3.32. The first kappa shape index (κ1) is 8.91. The summed E-state index contributed by atoms with van der Waals surface area (Å²) in [6.45, 7) is 3.82. The van der Waals surface area contributed by atoms with Gasteiger partial charge in [0, 0.05) is 19.8 Å². The molecule has 0 amide bonds. The number of phenols is 1. The smallest absolute Gasteiger partial charge is 0.121 e. The zero-order valence-corrected chi connectivity index (χ0v) is 8.05. The Balaban J connectivity index is 3.21. The molecule has 0 aromatic heterocycles. The molecule has 0 atom stereocenters. The summed E-state index contributed by atoms with van der Waals surface area (Å²) in [7, 11) is 3.98. The van der Waals surface area contributed by atoms with E-state index in [1.54, 1.807) is 0 Å². The minimum absolute atomic E-state index is 0.403. The van der Waals surface area contributed by atoms with E-state index in [0.717, 1.165) is 16.8 Å². The van der Waals surface area contributed by atoms with Crippen LogP contribution in [0.4, 0.5) is 5.69 Å². The number of aryl methyl sites for hydroxylation is 2. The molecule has 0 aliphatic heterocycles. The van der Waals surface area contributed by atoms with Crippen molar-refractivity contribution in [2.75, 3.05) is 19.0 Å². The molecule has 1 N–H and O–H groups in total. The number of hydrogen-bond acceptors (Lipinski definition) is 2. The van der Waals surface area contributed by atoms with E-state index >= 15 is 0 Å². The van der Waals surface area contributed by atoms with E-state index in [0.29, 0.717) is 5.75 Å². The molecule has 0 aliphatic carbocycles. The van der Waals surface area contributed by atoms with Crippen LogP contribution in [0.3, 0.4) is 0 Å². The first-order chi connectivity index (χ1) is 5.52. The molecule has 0 saturated heterocycles. The number of anilines is 1. The topological polar surface area (TPSA) is 23.5 Å². The highest BCUT2D eigenvalue weighted by molar-refractivity contribution is 5.55. The summed E-state index contributed by atoms with van der Waals surface area (Å²) in [5, 5.41) is 9.49. The zero-order valence-electron chi connectivity index (χ0n) is 8.05. The number of hydrogen-bond donors (Lipinski definition) is 1. The van der Waals surface area contributed by atoms with Gasteiger partial charge >= 0.3 is 0 Å². The van der Waals surface area contributed by atoms with Gasteiger partial charge in [-0.05, 0) is 37.1 Å². The highest BCUT2D eigenvalue weighted by atomic mass is 16.3. The largest absolute Gasteiger partial charge is 0.507 e. The Labute approximate surface area is 73.4 Å². The van der Waals surface area contributed by atoms with Crippen molar-refractivity contribution >= 4 is 5.69 Å². The first-order valence-corrected chi connectivity index (χ1v) is 4.00. The van der Waals surface area contributed by atoms with Gasteiger partial charge < -0.3 is 10.0 Å². The molecular formula is C10H15NO. The lowest BCUT2D eigenvalue weighted by Gasteiger charge is -2.15. The van der Waals surface area contributed by atoms with Gasteiger partial charge in [-0.25, -0.2) is 0 Å². The van der Waals surface area contributed by atoms with Crippen LogP contribution >= 0.6 is 0 Å². The van der Waals surface area contributed by atoms with Crippen LogP contribution in [0.5, 0.6) is 5.75 Å². The molecule has 12 heavy (non-hydrogen) atoms. The Kier molecular flexibility index (Phi) is 2.27. The standard InChI is InChI=1S/C10H15NO/c1-7-5-9(11(3)4)6-8(2)10(7)12/h5-6,12H,1-4H3. The number of benzene rings is 1. The molecule has 1 rings (SSSR count). The van der Waals surface area contributed by atoms with Crippen LogP contribution in [0.1, 0.15) is 11.1 Å². The van der Waals surface area contributed by atoms with Gasteiger partial charge in [-0.2, -0.15) is 0 Å². The molecule has 0 heterocycles. The SMILES string of the molecule is Cc1cc(N(C)C)cc(C)c1O. The quantitative estimate of drug-likeness (QED) is 0.688. The summed E-state index contributed by atoms with van der Waals surface area (Å²) in [4.78, 5) is 2.03. The van der Waals surface area contributed by atoms with Crippen LogP contribution in [0.2, 0.25) is 0 Å². The van der Waals surface area contributed by atoms with Crippen molar-refractivity contribution in [1.29, 1.82) is 0 Å². The van der Waals surface area contributed by atoms with Gasteiger partial charge in [0.1, 0.15) is 5.75 Å². The van der Waals surface area contributed by atoms with Gasteiger partial charge in [0.2, 0.25) is 0 Å². The van der Waals surface area contributed by atoms with E-state index in [4.69, 9.17) is 0 Å². The van der Waals surface area contributed by atoms with Crippen LogP contribution in [-0.4, -0.2) is 19.2 Å². The van der Waals surface area contributed by atoms with E-state index in [1.807, 2.05) is 45.0 Å². The third-order valence-corrected chi connectivity index (χ3v) is 1.99. The zero-order chi connectivity index (χ0) is 9.30. The summed E-state index contributed by atoms with van der Waals surface area (Å²) in [6.07, 6.45) is 0. The molecule has 2 heteroatoms. The lowest BCUT2D eigenvalue weighted by molar-refractivity contribution is 0.467. The van der Waals surface area contributed by atoms with Crippen molar-refractivity contribution in [3.05, 3.63) is 23.3 Å². The van der Waals surface area contributed by atoms with E-state index in [9.17, 15) is 5.11 Å². The molecule has 2 nitrogen and oxygen atoms in total. The number of aromatic hydroxyl groups is 1. The maximum absolute atomic E-state index is 9.49. The summed E-state index contributed by atoms with van der Waals surface area (Å²) >= 11 is 0. The van der Waals surface area contributed by atoms with E-state index < -0.39 is 0 Å². The second kappa shape index (κ2) is 3.05. The van der Waals surface area contributed by atoms with Crippen molar-refractivity contribution < 1.29 is 5.11 Å². The summed E-state index contributed by atoms with van der Waals surface area (Å²) in [5.74, 6) is 0.403. The molecule has 1 aromatic rings. The van der Waals surface area contributed by atoms with Crippen molar-refractivity contribution in [3.63, 3.8) is 0 Å². The second-order valence-electron chi connectivity index (χ2n) is 3.32. The molecule has 0 unspecified atom stereocenters. The Bertz CT molecular complexity index is 269. The average Bonchev–Trinajstić information content (AvgIpc) is 1.99. The van der Waals surface area contributed by atoms with Crippen molar-refractivity contribution in [2.24, 2.45) is 0 Å². The van der Waals surface area contributed by atoms with Gasteiger partial charge in [-0.3, -0.25) is 0 Å². The van der Waals surface area contributed by atoms with Gasteiger partial charge in [0.05, 0.1) is 0 Å². The lowest BCUT2D eigenvalue weighted by atomic mass is 10.1. The van der Waals surface area contributed by atoms with Crippen LogP contribution < -0.4 is 4.90 Å². The number of rotatable bonds is 1. The van der Waals surface area contributed by atoms with Crippen molar-refractivity contribution in [1.82, 2.24) is 0 Å². The normalized spacial score (nSPS) is 10.0. The van der Waals surface area contributed by atoms with Crippen molar-refractivity contribution in [3.8, 4) is 5.75 Å². The monoisotopic (exact) mass is 165 g/mol. The highest BCUT2D eigenvalue weighted by Gasteiger charge is 2.03. The average molecular weight is 165 g/mol. The van der Waals surface area contributed by atoms with E-state index in [2.05, 4.69) is 0 Å². The van der Waals surface area contributed by atoms with Crippen LogP contribution in [0.25, 0.3) is 0 Å². The van der Waals surface area contributed by atoms with Gasteiger partial charge in [-0.1, -0.05) is 0 Å². The fraction of sp³-hybridized carbons (Fsp3) is 0.400. The predicted octanol–water partition coefficient (Wildman–Crippen LogP) is 2.08. The third-order valence-electron chi connectivity index (χ3n) is 1.99.